The fourth-order valence-electron chi connectivity index (χ4n) is 0.941. The molecule has 0 radical (unpaired) electrons. The van der Waals surface area contributed by atoms with Crippen molar-refractivity contribution < 1.29 is 19.0 Å². The summed E-state index contributed by atoms with van der Waals surface area (Å²) in [6.07, 6.45) is 0. The number of hydrogen-bond donors (Lipinski definition) is 3. The van der Waals surface area contributed by atoms with E-state index in [0.29, 0.717) is 0 Å². The third-order valence-electron chi connectivity index (χ3n) is 1.69. The Morgan fingerprint density at radius 2 is 2.00 bits per heavy atom. The molecule has 72 valence electrons. The average Bonchev–Trinajstić information content (AvgIpc) is 2.13. The van der Waals surface area contributed by atoms with Crippen LogP contribution in [0.3, 0.4) is 0 Å². The zero-order chi connectivity index (χ0) is 10.0. The molecule has 0 aliphatic rings. The summed E-state index contributed by atoms with van der Waals surface area (Å²) in [5, 5.41) is 17.5. The van der Waals surface area contributed by atoms with Gasteiger partial charge in [0, 0.05) is 5.56 Å². The molecule has 0 heterocycles. The number of phenols is 1. The van der Waals surface area contributed by atoms with Crippen LogP contribution in [0.1, 0.15) is 11.6 Å². The predicted molar refractivity (Wildman–Crippen MR) is 42.0 cm³/mol. The summed E-state index contributed by atoms with van der Waals surface area (Å²) in [4.78, 5) is 0. The van der Waals surface area contributed by atoms with Crippen LogP contribution in [0.15, 0.2) is 12.1 Å². The van der Waals surface area contributed by atoms with E-state index in [-0.39, 0.29) is 5.56 Å². The van der Waals surface area contributed by atoms with Gasteiger partial charge in [0.05, 0.1) is 12.6 Å². The van der Waals surface area contributed by atoms with Crippen molar-refractivity contribution in [1.29, 1.82) is 0 Å². The molecule has 0 amide bonds. The van der Waals surface area contributed by atoms with E-state index in [1.807, 2.05) is 0 Å². The SMILES string of the molecule is NC(CO)c1ccc(F)c(O)c1F. The molecule has 0 bridgehead atoms. The van der Waals surface area contributed by atoms with E-state index in [9.17, 15) is 8.78 Å². The molecule has 0 fully saturated rings. The molecule has 13 heavy (non-hydrogen) atoms. The molecule has 4 N–H and O–H groups in total. The Hall–Kier alpha value is -1.20. The molecule has 0 aliphatic heterocycles. The van der Waals surface area contributed by atoms with Crippen LogP contribution in [0.25, 0.3) is 0 Å². The molecular formula is C8H9F2NO2. The second-order valence-corrected chi connectivity index (χ2v) is 2.59. The molecule has 1 aromatic carbocycles. The van der Waals surface area contributed by atoms with Crippen molar-refractivity contribution in [3.63, 3.8) is 0 Å². The topological polar surface area (TPSA) is 66.5 Å². The molecule has 1 aromatic rings. The van der Waals surface area contributed by atoms with E-state index in [2.05, 4.69) is 0 Å². The van der Waals surface area contributed by atoms with Crippen LogP contribution in [0.5, 0.6) is 5.75 Å². The maximum Gasteiger partial charge on any atom is 0.188 e. The lowest BCUT2D eigenvalue weighted by atomic mass is 10.1. The maximum absolute atomic E-state index is 13.0. The van der Waals surface area contributed by atoms with Gasteiger partial charge in [0.2, 0.25) is 0 Å². The quantitative estimate of drug-likeness (QED) is 0.640. The first kappa shape index (κ1) is 9.88. The summed E-state index contributed by atoms with van der Waals surface area (Å²) in [6, 6.07) is 1.03. The smallest absolute Gasteiger partial charge is 0.188 e. The summed E-state index contributed by atoms with van der Waals surface area (Å²) in [5.74, 6) is -3.24. The summed E-state index contributed by atoms with van der Waals surface area (Å²) >= 11 is 0. The van der Waals surface area contributed by atoms with Gasteiger partial charge in [-0.05, 0) is 6.07 Å². The van der Waals surface area contributed by atoms with E-state index in [1.165, 1.54) is 0 Å². The van der Waals surface area contributed by atoms with Crippen molar-refractivity contribution in [3.05, 3.63) is 29.3 Å². The number of rotatable bonds is 2. The summed E-state index contributed by atoms with van der Waals surface area (Å²) in [6.45, 7) is -0.470. The van der Waals surface area contributed by atoms with Crippen LogP contribution >= 0.6 is 0 Å². The third kappa shape index (κ3) is 1.76. The number of benzene rings is 1. The van der Waals surface area contributed by atoms with Crippen molar-refractivity contribution in [1.82, 2.24) is 0 Å². The Kier molecular flexibility index (Phi) is 2.79. The highest BCUT2D eigenvalue weighted by molar-refractivity contribution is 5.33. The normalized spacial score (nSPS) is 12.9. The van der Waals surface area contributed by atoms with Gasteiger partial charge in [0.1, 0.15) is 0 Å². The first-order valence-corrected chi connectivity index (χ1v) is 3.61. The fraction of sp³-hybridized carbons (Fsp3) is 0.250. The summed E-state index contributed by atoms with van der Waals surface area (Å²) < 4.78 is 25.6. The predicted octanol–water partition coefficient (Wildman–Crippen LogP) is 0.662. The van der Waals surface area contributed by atoms with E-state index in [4.69, 9.17) is 15.9 Å². The Morgan fingerprint density at radius 3 is 2.54 bits per heavy atom. The second-order valence-electron chi connectivity index (χ2n) is 2.59. The molecular weight excluding hydrogens is 180 g/mol. The van der Waals surface area contributed by atoms with Crippen molar-refractivity contribution in [2.24, 2.45) is 5.73 Å². The second kappa shape index (κ2) is 3.67. The summed E-state index contributed by atoms with van der Waals surface area (Å²) in [5.41, 5.74) is 5.18. The van der Waals surface area contributed by atoms with E-state index in [1.54, 1.807) is 0 Å². The maximum atomic E-state index is 13.0. The third-order valence-corrected chi connectivity index (χ3v) is 1.69. The molecule has 5 heteroatoms. The Bertz CT molecular complexity index is 317. The van der Waals surface area contributed by atoms with Crippen LogP contribution in [-0.2, 0) is 0 Å². The van der Waals surface area contributed by atoms with E-state index < -0.39 is 30.0 Å². The van der Waals surface area contributed by atoms with Gasteiger partial charge in [-0.3, -0.25) is 0 Å². The van der Waals surface area contributed by atoms with Crippen LogP contribution in [0, 0.1) is 11.6 Å². The van der Waals surface area contributed by atoms with Gasteiger partial charge < -0.3 is 15.9 Å². The highest BCUT2D eigenvalue weighted by Crippen LogP contribution is 2.25. The van der Waals surface area contributed by atoms with Crippen LogP contribution in [0.2, 0.25) is 0 Å². The Morgan fingerprint density at radius 1 is 1.38 bits per heavy atom. The number of nitrogens with two attached hydrogens (primary N) is 1. The molecule has 0 aliphatic carbocycles. The minimum Gasteiger partial charge on any atom is -0.503 e. The number of aromatic hydroxyl groups is 1. The van der Waals surface area contributed by atoms with Crippen molar-refractivity contribution in [2.75, 3.05) is 6.61 Å². The number of aliphatic hydroxyl groups is 1. The van der Waals surface area contributed by atoms with Gasteiger partial charge in [-0.25, -0.2) is 8.78 Å². The Labute approximate surface area is 73.4 Å². The fourth-order valence-corrected chi connectivity index (χ4v) is 0.941. The van der Waals surface area contributed by atoms with Crippen molar-refractivity contribution in [2.45, 2.75) is 6.04 Å². The molecule has 1 atom stereocenters. The zero-order valence-corrected chi connectivity index (χ0v) is 6.67. The molecule has 0 aromatic heterocycles. The number of phenolic OH excluding ortho intramolecular Hbond substituents is 1. The van der Waals surface area contributed by atoms with Gasteiger partial charge in [0.15, 0.2) is 17.4 Å². The molecule has 1 unspecified atom stereocenters. The largest absolute Gasteiger partial charge is 0.503 e. The van der Waals surface area contributed by atoms with Gasteiger partial charge in [-0.1, -0.05) is 6.07 Å². The lowest BCUT2D eigenvalue weighted by molar-refractivity contribution is 0.264. The number of aliphatic hydroxyl groups excluding tert-OH is 1. The molecule has 0 saturated heterocycles. The highest BCUT2D eigenvalue weighted by atomic mass is 19.1. The van der Waals surface area contributed by atoms with Gasteiger partial charge >= 0.3 is 0 Å². The first-order valence-electron chi connectivity index (χ1n) is 3.61. The standard InChI is InChI=1S/C8H9F2NO2/c9-5-2-1-4(6(11)3-12)7(10)8(5)13/h1-2,6,12-13H,3,11H2. The van der Waals surface area contributed by atoms with Gasteiger partial charge in [0.25, 0.3) is 0 Å². The Balaban J connectivity index is 3.18. The lowest BCUT2D eigenvalue weighted by Crippen LogP contribution is -2.16. The van der Waals surface area contributed by atoms with Crippen LogP contribution in [0.4, 0.5) is 8.78 Å². The van der Waals surface area contributed by atoms with Crippen LogP contribution in [-0.4, -0.2) is 16.8 Å². The van der Waals surface area contributed by atoms with Crippen molar-refractivity contribution in [3.8, 4) is 5.75 Å². The lowest BCUT2D eigenvalue weighted by Gasteiger charge is -2.10. The number of hydrogen-bond acceptors (Lipinski definition) is 3. The monoisotopic (exact) mass is 189 g/mol. The number of halogens is 2. The van der Waals surface area contributed by atoms with E-state index in [0.717, 1.165) is 12.1 Å². The zero-order valence-electron chi connectivity index (χ0n) is 6.67. The van der Waals surface area contributed by atoms with E-state index >= 15 is 0 Å². The molecule has 0 spiro atoms. The van der Waals surface area contributed by atoms with Gasteiger partial charge in [-0.15, -0.1) is 0 Å². The first-order chi connectivity index (χ1) is 6.07. The van der Waals surface area contributed by atoms with Crippen LogP contribution < -0.4 is 5.73 Å². The highest BCUT2D eigenvalue weighted by Gasteiger charge is 2.16. The van der Waals surface area contributed by atoms with Gasteiger partial charge in [-0.2, -0.15) is 0 Å². The minimum atomic E-state index is -1.12. The molecule has 3 nitrogen and oxygen atoms in total. The molecule has 0 saturated carbocycles. The molecule has 1 rings (SSSR count). The average molecular weight is 189 g/mol. The van der Waals surface area contributed by atoms with Crippen molar-refractivity contribution >= 4 is 0 Å². The summed E-state index contributed by atoms with van der Waals surface area (Å²) in [7, 11) is 0. The minimum absolute atomic E-state index is 0.110.